The summed E-state index contributed by atoms with van der Waals surface area (Å²) in [6.45, 7) is 9.46. The Kier molecular flexibility index (Phi) is 37.9. The number of unbranched alkanes of at least 4 members (excludes halogenated alkanes) is 18. The van der Waals surface area contributed by atoms with Crippen LogP contribution in [0.25, 0.3) is 0 Å². The molecule has 1 unspecified atom stereocenters. The maximum Gasteiger partial charge on any atom is 0.508 e. The number of esters is 2. The van der Waals surface area contributed by atoms with E-state index >= 15 is 0 Å². The second kappa shape index (κ2) is 40.9. The second-order valence-electron chi connectivity index (χ2n) is 16.6. The minimum Gasteiger partial charge on any atom is -0.465 e. The van der Waals surface area contributed by atoms with Crippen LogP contribution in [0.2, 0.25) is 0 Å². The van der Waals surface area contributed by atoms with Crippen LogP contribution in [0.4, 0.5) is 4.79 Å². The van der Waals surface area contributed by atoms with Crippen molar-refractivity contribution in [2.45, 2.75) is 213 Å². The molecule has 0 aromatic carbocycles. The van der Waals surface area contributed by atoms with Crippen LogP contribution in [0.5, 0.6) is 0 Å². The minimum absolute atomic E-state index is 0.0146. The van der Waals surface area contributed by atoms with Crippen LogP contribution < -0.4 is 0 Å². The molecule has 1 aliphatic rings. The molecule has 1 heterocycles. The van der Waals surface area contributed by atoms with E-state index in [2.05, 4.69) is 50.0 Å². The Hall–Kier alpha value is -2.43. The van der Waals surface area contributed by atoms with E-state index in [0.29, 0.717) is 26.1 Å². The Morgan fingerprint density at radius 1 is 0.559 bits per heavy atom. The summed E-state index contributed by atoms with van der Waals surface area (Å²) in [4.78, 5) is 40.4. The molecule has 1 aliphatic heterocycles. The van der Waals surface area contributed by atoms with E-state index < -0.39 is 24.3 Å². The van der Waals surface area contributed by atoms with E-state index in [9.17, 15) is 14.4 Å². The number of nitrogens with zero attached hydrogens (tertiary/aromatic N) is 1. The van der Waals surface area contributed by atoms with Crippen molar-refractivity contribution < 1.29 is 42.8 Å². The van der Waals surface area contributed by atoms with Crippen LogP contribution in [0, 0.1) is 5.92 Å². The Balaban J connectivity index is 2.51. The molecule has 1 saturated heterocycles. The molecule has 344 valence electrons. The van der Waals surface area contributed by atoms with Gasteiger partial charge in [-0.2, -0.15) is 0 Å². The van der Waals surface area contributed by atoms with Gasteiger partial charge < -0.3 is 33.3 Å². The van der Waals surface area contributed by atoms with Crippen LogP contribution in [0.1, 0.15) is 201 Å². The number of hydrogen-bond acceptors (Lipinski definition) is 10. The van der Waals surface area contributed by atoms with Gasteiger partial charge in [-0.25, -0.2) is 4.79 Å². The number of allylic oxidation sites excluding steroid dienone is 4. The Morgan fingerprint density at radius 3 is 1.59 bits per heavy atom. The van der Waals surface area contributed by atoms with Gasteiger partial charge in [0.15, 0.2) is 6.29 Å². The largest absolute Gasteiger partial charge is 0.508 e. The summed E-state index contributed by atoms with van der Waals surface area (Å²) in [5.74, 6) is -1.20. The number of piperidine rings is 1. The molecule has 0 radical (unpaired) electrons. The Labute approximate surface area is 361 Å². The maximum atomic E-state index is 13.0. The summed E-state index contributed by atoms with van der Waals surface area (Å²) in [5.41, 5.74) is 0. The quantitative estimate of drug-likeness (QED) is 0.0194. The summed E-state index contributed by atoms with van der Waals surface area (Å²) in [7, 11) is 2.05. The topological polar surface area (TPSA) is 110 Å². The second-order valence-corrected chi connectivity index (χ2v) is 16.6. The monoisotopic (exact) mass is 836 g/mol. The lowest BCUT2D eigenvalue weighted by Crippen LogP contribution is -2.35. The van der Waals surface area contributed by atoms with Gasteiger partial charge in [0, 0.05) is 39.1 Å². The fourth-order valence-electron chi connectivity index (χ4n) is 6.89. The lowest BCUT2D eigenvalue weighted by molar-refractivity contribution is -0.161. The number of carbonyl (C=O) groups is 3. The van der Waals surface area contributed by atoms with Crippen LogP contribution in [0.3, 0.4) is 0 Å². The van der Waals surface area contributed by atoms with Crippen molar-refractivity contribution in [1.29, 1.82) is 0 Å². The Bertz CT molecular complexity index is 1020. The smallest absolute Gasteiger partial charge is 0.465 e. The van der Waals surface area contributed by atoms with E-state index in [4.69, 9.17) is 28.4 Å². The highest BCUT2D eigenvalue weighted by Crippen LogP contribution is 2.16. The standard InChI is InChI=1S/C49H89NO9/c1-5-8-11-14-17-18-19-20-21-22-23-24-25-26-29-32-46(51)56-41-44(43-58-49(53)59-45-35-37-50(4)38-36-45)42-57-47(52)33-34-48(54-39-30-27-15-12-9-6-2)55-40-31-28-16-13-10-7-3/h17-18,20-21,44-45,48H,5-16,19,22-43H2,1-4H3/b18-17-,21-20-. The first-order valence-electron chi connectivity index (χ1n) is 24.2. The molecule has 0 N–H and O–H groups in total. The lowest BCUT2D eigenvalue weighted by Gasteiger charge is -2.28. The average Bonchev–Trinajstić information content (AvgIpc) is 3.23. The molecule has 1 rings (SSSR count). The predicted octanol–water partition coefficient (Wildman–Crippen LogP) is 12.6. The molecule has 0 spiro atoms. The third kappa shape index (κ3) is 36.0. The van der Waals surface area contributed by atoms with Crippen LogP contribution in [-0.4, -0.2) is 88.6 Å². The summed E-state index contributed by atoms with van der Waals surface area (Å²) in [5, 5.41) is 0. The van der Waals surface area contributed by atoms with Crippen molar-refractivity contribution in [3.05, 3.63) is 24.3 Å². The van der Waals surface area contributed by atoms with Crippen LogP contribution >= 0.6 is 0 Å². The van der Waals surface area contributed by atoms with Crippen molar-refractivity contribution in [3.63, 3.8) is 0 Å². The zero-order valence-corrected chi connectivity index (χ0v) is 38.4. The third-order valence-electron chi connectivity index (χ3n) is 10.8. The Morgan fingerprint density at radius 2 is 1.02 bits per heavy atom. The van der Waals surface area contributed by atoms with Crippen LogP contribution in [0.15, 0.2) is 24.3 Å². The van der Waals surface area contributed by atoms with Gasteiger partial charge in [0.1, 0.15) is 25.9 Å². The highest BCUT2D eigenvalue weighted by molar-refractivity contribution is 5.69. The molecule has 0 aliphatic carbocycles. The van der Waals surface area contributed by atoms with Gasteiger partial charge in [-0.3, -0.25) is 9.59 Å². The molecule has 1 atom stereocenters. The normalized spacial score (nSPS) is 14.4. The van der Waals surface area contributed by atoms with Gasteiger partial charge in [0.05, 0.1) is 12.3 Å². The summed E-state index contributed by atoms with van der Waals surface area (Å²) in [6.07, 6.45) is 36.4. The zero-order chi connectivity index (χ0) is 42.9. The van der Waals surface area contributed by atoms with Crippen molar-refractivity contribution in [1.82, 2.24) is 4.90 Å². The molecular weight excluding hydrogens is 747 g/mol. The lowest BCUT2D eigenvalue weighted by atomic mass is 10.1. The van der Waals surface area contributed by atoms with E-state index in [0.717, 1.165) is 96.6 Å². The van der Waals surface area contributed by atoms with E-state index in [-0.39, 0.29) is 38.3 Å². The zero-order valence-electron chi connectivity index (χ0n) is 38.4. The fraction of sp³-hybridized carbons (Fsp3) is 0.857. The van der Waals surface area contributed by atoms with Gasteiger partial charge in [0.25, 0.3) is 0 Å². The highest BCUT2D eigenvalue weighted by Gasteiger charge is 2.23. The van der Waals surface area contributed by atoms with E-state index in [1.165, 1.54) is 77.0 Å². The molecule has 10 heteroatoms. The molecule has 10 nitrogen and oxygen atoms in total. The number of rotatable bonds is 40. The number of hydrogen-bond donors (Lipinski definition) is 0. The van der Waals surface area contributed by atoms with Crippen molar-refractivity contribution in [3.8, 4) is 0 Å². The predicted molar refractivity (Wildman–Crippen MR) is 239 cm³/mol. The first-order chi connectivity index (χ1) is 28.9. The van der Waals surface area contributed by atoms with E-state index in [1.54, 1.807) is 0 Å². The fourth-order valence-corrected chi connectivity index (χ4v) is 6.89. The molecule has 0 aromatic heterocycles. The molecule has 59 heavy (non-hydrogen) atoms. The molecule has 0 bridgehead atoms. The van der Waals surface area contributed by atoms with Crippen molar-refractivity contribution in [2.75, 3.05) is 53.2 Å². The first kappa shape index (κ1) is 54.6. The van der Waals surface area contributed by atoms with Crippen LogP contribution in [-0.2, 0) is 38.0 Å². The molecule has 0 aromatic rings. The summed E-state index contributed by atoms with van der Waals surface area (Å²) in [6, 6.07) is 0. The number of likely N-dealkylation sites (tertiary alicyclic amines) is 1. The molecular formula is C49H89NO9. The minimum atomic E-state index is -0.750. The third-order valence-corrected chi connectivity index (χ3v) is 10.8. The SMILES string of the molecule is CCCCC/C=C\C/C=C\CCCCCCCC(=O)OCC(COC(=O)CCC(OCCCCCCCC)OCCCCCCCC)COC(=O)OC1CCN(C)CC1. The average molecular weight is 836 g/mol. The van der Waals surface area contributed by atoms with Gasteiger partial charge in [-0.1, -0.05) is 141 Å². The van der Waals surface area contributed by atoms with Crippen molar-refractivity contribution in [2.24, 2.45) is 5.92 Å². The summed E-state index contributed by atoms with van der Waals surface area (Å²) >= 11 is 0. The van der Waals surface area contributed by atoms with Gasteiger partial charge in [0.2, 0.25) is 0 Å². The first-order valence-corrected chi connectivity index (χ1v) is 24.2. The molecule has 0 amide bonds. The van der Waals surface area contributed by atoms with Gasteiger partial charge >= 0.3 is 18.1 Å². The highest BCUT2D eigenvalue weighted by atomic mass is 16.7. The number of carbonyl (C=O) groups excluding carboxylic acids is 3. The molecule has 0 saturated carbocycles. The maximum absolute atomic E-state index is 13.0. The number of ether oxygens (including phenoxy) is 6. The summed E-state index contributed by atoms with van der Waals surface area (Å²) < 4.78 is 34.4. The van der Waals surface area contributed by atoms with E-state index in [1.807, 2.05) is 7.05 Å². The van der Waals surface area contributed by atoms with Gasteiger partial charge in [-0.15, -0.1) is 0 Å². The van der Waals surface area contributed by atoms with Gasteiger partial charge in [-0.05, 0) is 71.3 Å². The molecule has 1 fully saturated rings. The van der Waals surface area contributed by atoms with Crippen molar-refractivity contribution >= 4 is 18.1 Å².